The molecule has 0 unspecified atom stereocenters. The van der Waals surface area contributed by atoms with Crippen molar-refractivity contribution in [1.82, 2.24) is 9.88 Å². The van der Waals surface area contributed by atoms with Crippen LogP contribution in [0.15, 0.2) is 24.3 Å². The van der Waals surface area contributed by atoms with Crippen LogP contribution < -0.4 is 0 Å². The summed E-state index contributed by atoms with van der Waals surface area (Å²) in [6, 6.07) is 8.45. The molecule has 0 bridgehead atoms. The standard InChI is InChI=1S/C16H22N2S/c1-2-13-7-10-18(11-8-13)12-9-16-17-14-5-3-4-6-15(14)19-16/h3-6,13H,2,7-12H2,1H3. The van der Waals surface area contributed by atoms with Crippen molar-refractivity contribution in [2.24, 2.45) is 5.92 Å². The fourth-order valence-electron chi connectivity index (χ4n) is 2.90. The van der Waals surface area contributed by atoms with E-state index >= 15 is 0 Å². The SMILES string of the molecule is CCC1CCN(CCc2nc3ccccc3s2)CC1. The highest BCUT2D eigenvalue weighted by Gasteiger charge is 2.17. The Morgan fingerprint density at radius 2 is 2.05 bits per heavy atom. The van der Waals surface area contributed by atoms with Crippen LogP contribution in [0.5, 0.6) is 0 Å². The van der Waals surface area contributed by atoms with Crippen LogP contribution in [-0.4, -0.2) is 29.5 Å². The normalized spacial score (nSPS) is 18.2. The number of aromatic nitrogens is 1. The monoisotopic (exact) mass is 274 g/mol. The fraction of sp³-hybridized carbons (Fsp3) is 0.562. The third kappa shape index (κ3) is 3.15. The first kappa shape index (κ1) is 13.1. The Morgan fingerprint density at radius 3 is 2.79 bits per heavy atom. The molecule has 0 aliphatic carbocycles. The van der Waals surface area contributed by atoms with Gasteiger partial charge in [-0.3, -0.25) is 0 Å². The maximum Gasteiger partial charge on any atom is 0.0951 e. The lowest BCUT2D eigenvalue weighted by Crippen LogP contribution is -2.34. The van der Waals surface area contributed by atoms with Gasteiger partial charge in [0.15, 0.2) is 0 Å². The van der Waals surface area contributed by atoms with Gasteiger partial charge in [0.2, 0.25) is 0 Å². The molecule has 3 heteroatoms. The van der Waals surface area contributed by atoms with Gasteiger partial charge in [-0.05, 0) is 44.0 Å². The van der Waals surface area contributed by atoms with Crippen molar-refractivity contribution in [2.75, 3.05) is 19.6 Å². The summed E-state index contributed by atoms with van der Waals surface area (Å²) in [5.74, 6) is 0.971. The van der Waals surface area contributed by atoms with Crippen molar-refractivity contribution in [3.8, 4) is 0 Å². The summed E-state index contributed by atoms with van der Waals surface area (Å²) in [7, 11) is 0. The zero-order chi connectivity index (χ0) is 13.1. The highest BCUT2D eigenvalue weighted by atomic mass is 32.1. The molecule has 2 heterocycles. The minimum Gasteiger partial charge on any atom is -0.303 e. The molecule has 0 N–H and O–H groups in total. The van der Waals surface area contributed by atoms with Crippen molar-refractivity contribution in [1.29, 1.82) is 0 Å². The Hall–Kier alpha value is -0.930. The van der Waals surface area contributed by atoms with Crippen LogP contribution in [0.3, 0.4) is 0 Å². The number of likely N-dealkylation sites (tertiary alicyclic amines) is 1. The highest BCUT2D eigenvalue weighted by Crippen LogP contribution is 2.23. The van der Waals surface area contributed by atoms with Crippen molar-refractivity contribution in [3.05, 3.63) is 29.3 Å². The molecule has 0 amide bonds. The molecule has 19 heavy (non-hydrogen) atoms. The largest absolute Gasteiger partial charge is 0.303 e. The van der Waals surface area contributed by atoms with Gasteiger partial charge >= 0.3 is 0 Å². The summed E-state index contributed by atoms with van der Waals surface area (Å²) in [5, 5.41) is 1.29. The minimum absolute atomic E-state index is 0.971. The van der Waals surface area contributed by atoms with Crippen LogP contribution >= 0.6 is 11.3 Å². The van der Waals surface area contributed by atoms with Crippen molar-refractivity contribution >= 4 is 21.6 Å². The number of rotatable bonds is 4. The molecule has 3 rings (SSSR count). The first-order valence-corrected chi connectivity index (χ1v) is 8.23. The Bertz CT molecular complexity index is 493. The predicted molar refractivity (Wildman–Crippen MR) is 82.8 cm³/mol. The molecule has 2 nitrogen and oxygen atoms in total. The number of hydrogen-bond acceptors (Lipinski definition) is 3. The van der Waals surface area contributed by atoms with Crippen LogP contribution in [-0.2, 0) is 6.42 Å². The van der Waals surface area contributed by atoms with E-state index in [1.165, 1.54) is 48.6 Å². The van der Waals surface area contributed by atoms with Crippen LogP contribution in [0.4, 0.5) is 0 Å². The Labute approximate surface area is 119 Å². The first-order valence-electron chi connectivity index (χ1n) is 7.42. The highest BCUT2D eigenvalue weighted by molar-refractivity contribution is 7.18. The van der Waals surface area contributed by atoms with Crippen LogP contribution in [0.25, 0.3) is 10.2 Å². The van der Waals surface area contributed by atoms with Crippen molar-refractivity contribution in [3.63, 3.8) is 0 Å². The number of thiazole rings is 1. The van der Waals surface area contributed by atoms with Gasteiger partial charge in [-0.15, -0.1) is 11.3 Å². The molecule has 1 saturated heterocycles. The third-order valence-electron chi connectivity index (χ3n) is 4.26. The molecule has 1 aliphatic rings. The van der Waals surface area contributed by atoms with Gasteiger partial charge in [-0.1, -0.05) is 25.5 Å². The van der Waals surface area contributed by atoms with Gasteiger partial charge in [0.25, 0.3) is 0 Å². The van der Waals surface area contributed by atoms with E-state index in [0.717, 1.165) is 17.9 Å². The molecule has 1 aliphatic heterocycles. The molecule has 0 saturated carbocycles. The lowest BCUT2D eigenvalue weighted by molar-refractivity contribution is 0.184. The number of nitrogens with zero attached hydrogens (tertiary/aromatic N) is 2. The quantitative estimate of drug-likeness (QED) is 0.839. The van der Waals surface area contributed by atoms with E-state index in [0.29, 0.717) is 0 Å². The molecule has 1 fully saturated rings. The summed E-state index contributed by atoms with van der Waals surface area (Å²) in [5.41, 5.74) is 1.16. The lowest BCUT2D eigenvalue weighted by Gasteiger charge is -2.31. The molecule has 1 aromatic heterocycles. The van der Waals surface area contributed by atoms with Gasteiger partial charge in [0.05, 0.1) is 15.2 Å². The maximum atomic E-state index is 4.72. The Morgan fingerprint density at radius 1 is 1.26 bits per heavy atom. The van der Waals surface area contributed by atoms with Gasteiger partial charge in [0.1, 0.15) is 0 Å². The van der Waals surface area contributed by atoms with Crippen LogP contribution in [0.2, 0.25) is 0 Å². The zero-order valence-electron chi connectivity index (χ0n) is 11.6. The van der Waals surface area contributed by atoms with Crippen LogP contribution in [0, 0.1) is 5.92 Å². The number of hydrogen-bond donors (Lipinski definition) is 0. The topological polar surface area (TPSA) is 16.1 Å². The second kappa shape index (κ2) is 6.02. The summed E-state index contributed by atoms with van der Waals surface area (Å²) in [6.07, 6.45) is 5.23. The van der Waals surface area contributed by atoms with Gasteiger partial charge < -0.3 is 4.90 Å². The second-order valence-electron chi connectivity index (χ2n) is 5.52. The number of piperidine rings is 1. The van der Waals surface area contributed by atoms with E-state index in [4.69, 9.17) is 4.98 Å². The van der Waals surface area contributed by atoms with E-state index in [2.05, 4.69) is 36.1 Å². The van der Waals surface area contributed by atoms with Crippen LogP contribution in [0.1, 0.15) is 31.2 Å². The van der Waals surface area contributed by atoms with E-state index in [-0.39, 0.29) is 0 Å². The molecule has 0 radical (unpaired) electrons. The molecule has 2 aromatic rings. The molecular weight excluding hydrogens is 252 g/mol. The summed E-state index contributed by atoms with van der Waals surface area (Å²) >= 11 is 1.85. The van der Waals surface area contributed by atoms with Gasteiger partial charge in [0, 0.05) is 13.0 Å². The van der Waals surface area contributed by atoms with E-state index in [1.54, 1.807) is 0 Å². The third-order valence-corrected chi connectivity index (χ3v) is 5.36. The number of benzene rings is 1. The van der Waals surface area contributed by atoms with Gasteiger partial charge in [-0.2, -0.15) is 0 Å². The van der Waals surface area contributed by atoms with E-state index in [9.17, 15) is 0 Å². The average molecular weight is 274 g/mol. The summed E-state index contributed by atoms with van der Waals surface area (Å²) < 4.78 is 1.32. The number of fused-ring (bicyclic) bond motifs is 1. The summed E-state index contributed by atoms with van der Waals surface area (Å²) in [4.78, 5) is 7.33. The smallest absolute Gasteiger partial charge is 0.0951 e. The summed E-state index contributed by atoms with van der Waals surface area (Å²) in [6.45, 7) is 6.06. The van der Waals surface area contributed by atoms with Gasteiger partial charge in [-0.25, -0.2) is 4.98 Å². The molecule has 1 aromatic carbocycles. The predicted octanol–water partition coefficient (Wildman–Crippen LogP) is 3.96. The molecule has 0 spiro atoms. The van der Waals surface area contributed by atoms with E-state index in [1.807, 2.05) is 11.3 Å². The number of para-hydroxylation sites is 1. The first-order chi connectivity index (χ1) is 9.35. The minimum atomic E-state index is 0.971. The van der Waals surface area contributed by atoms with Crippen molar-refractivity contribution < 1.29 is 0 Å². The Balaban J connectivity index is 1.55. The second-order valence-corrected chi connectivity index (χ2v) is 6.63. The fourth-order valence-corrected chi connectivity index (χ4v) is 3.85. The average Bonchev–Trinajstić information content (AvgIpc) is 2.88. The maximum absolute atomic E-state index is 4.72. The molecular formula is C16H22N2S. The molecule has 102 valence electrons. The van der Waals surface area contributed by atoms with E-state index < -0.39 is 0 Å². The van der Waals surface area contributed by atoms with Crippen molar-refractivity contribution in [2.45, 2.75) is 32.6 Å². The molecule has 0 atom stereocenters. The zero-order valence-corrected chi connectivity index (χ0v) is 12.5. The lowest BCUT2D eigenvalue weighted by atomic mass is 9.94. The Kier molecular flexibility index (Phi) is 4.14.